The van der Waals surface area contributed by atoms with E-state index in [0.29, 0.717) is 19.8 Å². The van der Waals surface area contributed by atoms with Crippen molar-refractivity contribution in [3.8, 4) is 5.75 Å². The fourth-order valence-corrected chi connectivity index (χ4v) is 3.34. The van der Waals surface area contributed by atoms with Gasteiger partial charge in [-0.15, -0.1) is 0 Å². The van der Waals surface area contributed by atoms with Crippen molar-refractivity contribution in [2.24, 2.45) is 11.7 Å². The average molecular weight is 332 g/mol. The lowest BCUT2D eigenvalue weighted by atomic mass is 10.1. The Hall–Kier alpha value is -1.22. The van der Waals surface area contributed by atoms with Crippen LogP contribution in [-0.2, 0) is 14.8 Å². The van der Waals surface area contributed by atoms with E-state index in [4.69, 9.17) is 15.2 Å². The molecule has 0 amide bonds. The lowest BCUT2D eigenvalue weighted by molar-refractivity contribution is 0.165. The van der Waals surface area contributed by atoms with Crippen LogP contribution in [0.4, 0.5) is 4.39 Å². The highest BCUT2D eigenvalue weighted by atomic mass is 32.2. The standard InChI is InChI=1S/C14H21FN2O4S/c1-10(7-16)17-22(18,19)12-2-3-14(13(15)6-12)21-9-11-4-5-20-8-11/h2-3,6,10-11,17H,4-5,7-9,16H2,1H3/t10-,11?/m0/s1. The fraction of sp³-hybridized carbons (Fsp3) is 0.571. The van der Waals surface area contributed by atoms with Crippen molar-refractivity contribution in [1.29, 1.82) is 0 Å². The molecule has 0 bridgehead atoms. The second-order valence-electron chi connectivity index (χ2n) is 5.39. The first-order valence-electron chi connectivity index (χ1n) is 7.15. The molecule has 22 heavy (non-hydrogen) atoms. The van der Waals surface area contributed by atoms with E-state index in [-0.39, 0.29) is 23.1 Å². The molecule has 0 radical (unpaired) electrons. The summed E-state index contributed by atoms with van der Waals surface area (Å²) in [6.45, 7) is 3.45. The predicted octanol–water partition coefficient (Wildman–Crippen LogP) is 0.866. The minimum absolute atomic E-state index is 0.0396. The molecule has 1 fully saturated rings. The molecule has 1 aromatic carbocycles. The Morgan fingerprint density at radius 1 is 1.55 bits per heavy atom. The zero-order valence-electron chi connectivity index (χ0n) is 12.4. The average Bonchev–Trinajstić information content (AvgIpc) is 2.98. The smallest absolute Gasteiger partial charge is 0.240 e. The minimum Gasteiger partial charge on any atom is -0.490 e. The number of hydrogen-bond donors (Lipinski definition) is 2. The summed E-state index contributed by atoms with van der Waals surface area (Å²) in [5.41, 5.74) is 5.38. The number of hydrogen-bond acceptors (Lipinski definition) is 5. The van der Waals surface area contributed by atoms with Crippen LogP contribution in [0.5, 0.6) is 5.75 Å². The molecule has 8 heteroatoms. The Kier molecular flexibility index (Phi) is 5.74. The van der Waals surface area contributed by atoms with E-state index in [0.717, 1.165) is 12.5 Å². The van der Waals surface area contributed by atoms with Gasteiger partial charge in [-0.25, -0.2) is 17.5 Å². The first kappa shape index (κ1) is 17.1. The maximum Gasteiger partial charge on any atom is 0.240 e. The molecule has 1 aliphatic heterocycles. The Morgan fingerprint density at radius 2 is 2.32 bits per heavy atom. The maximum absolute atomic E-state index is 14.0. The van der Waals surface area contributed by atoms with Crippen LogP contribution in [0.2, 0.25) is 0 Å². The third kappa shape index (κ3) is 4.39. The fourth-order valence-electron chi connectivity index (χ4n) is 2.07. The van der Waals surface area contributed by atoms with Gasteiger partial charge in [-0.3, -0.25) is 0 Å². The van der Waals surface area contributed by atoms with Crippen molar-refractivity contribution in [1.82, 2.24) is 4.72 Å². The third-order valence-corrected chi connectivity index (χ3v) is 5.01. The topological polar surface area (TPSA) is 90.7 Å². The Labute approximate surface area is 129 Å². The van der Waals surface area contributed by atoms with E-state index < -0.39 is 21.9 Å². The SMILES string of the molecule is C[C@@H](CN)NS(=O)(=O)c1ccc(OCC2CCOC2)c(F)c1. The first-order valence-corrected chi connectivity index (χ1v) is 8.63. The summed E-state index contributed by atoms with van der Waals surface area (Å²) in [4.78, 5) is -0.151. The quantitative estimate of drug-likeness (QED) is 0.773. The number of sulfonamides is 1. The van der Waals surface area contributed by atoms with E-state index in [9.17, 15) is 12.8 Å². The van der Waals surface area contributed by atoms with E-state index in [2.05, 4.69) is 4.72 Å². The molecule has 0 aromatic heterocycles. The van der Waals surface area contributed by atoms with Crippen LogP contribution in [0.15, 0.2) is 23.1 Å². The maximum atomic E-state index is 14.0. The molecule has 1 saturated heterocycles. The molecule has 1 aliphatic rings. The molecule has 2 atom stereocenters. The lowest BCUT2D eigenvalue weighted by Crippen LogP contribution is -2.37. The number of halogens is 1. The van der Waals surface area contributed by atoms with Crippen molar-refractivity contribution < 1.29 is 22.3 Å². The van der Waals surface area contributed by atoms with Gasteiger partial charge in [-0.05, 0) is 31.5 Å². The van der Waals surface area contributed by atoms with Crippen LogP contribution in [0, 0.1) is 11.7 Å². The Bertz CT molecular complexity index is 603. The summed E-state index contributed by atoms with van der Waals surface area (Å²) in [7, 11) is -3.79. The number of benzene rings is 1. The van der Waals surface area contributed by atoms with Crippen molar-refractivity contribution in [2.45, 2.75) is 24.3 Å². The number of rotatable bonds is 7. The van der Waals surface area contributed by atoms with Gasteiger partial charge in [0, 0.05) is 25.1 Å². The van der Waals surface area contributed by atoms with Crippen LogP contribution in [0.1, 0.15) is 13.3 Å². The van der Waals surface area contributed by atoms with Crippen LogP contribution < -0.4 is 15.2 Å². The molecule has 2 rings (SSSR count). The largest absolute Gasteiger partial charge is 0.490 e. The third-order valence-electron chi connectivity index (χ3n) is 3.42. The second kappa shape index (κ2) is 7.36. The van der Waals surface area contributed by atoms with Crippen LogP contribution in [0.3, 0.4) is 0 Å². The van der Waals surface area contributed by atoms with Crippen LogP contribution >= 0.6 is 0 Å². The molecule has 1 aromatic rings. The van der Waals surface area contributed by atoms with Gasteiger partial charge < -0.3 is 15.2 Å². The molecule has 0 aliphatic carbocycles. The van der Waals surface area contributed by atoms with Gasteiger partial charge in [0.1, 0.15) is 0 Å². The number of nitrogens with one attached hydrogen (secondary N) is 1. The summed E-state index contributed by atoms with van der Waals surface area (Å²) in [5.74, 6) is -0.421. The summed E-state index contributed by atoms with van der Waals surface area (Å²) in [5, 5.41) is 0. The molecular weight excluding hydrogens is 311 g/mol. The van der Waals surface area contributed by atoms with Crippen molar-refractivity contribution >= 4 is 10.0 Å². The summed E-state index contributed by atoms with van der Waals surface area (Å²) in [6, 6.07) is 3.17. The first-order chi connectivity index (χ1) is 10.4. The van der Waals surface area contributed by atoms with Gasteiger partial charge in [-0.1, -0.05) is 0 Å². The molecule has 6 nitrogen and oxygen atoms in total. The van der Waals surface area contributed by atoms with Crippen LogP contribution in [-0.4, -0.2) is 40.8 Å². The molecule has 1 heterocycles. The van der Waals surface area contributed by atoms with Gasteiger partial charge in [0.05, 0.1) is 18.1 Å². The highest BCUT2D eigenvalue weighted by molar-refractivity contribution is 7.89. The van der Waals surface area contributed by atoms with E-state index in [1.54, 1.807) is 6.92 Å². The summed E-state index contributed by atoms with van der Waals surface area (Å²) in [6.07, 6.45) is 0.884. The van der Waals surface area contributed by atoms with E-state index >= 15 is 0 Å². The van der Waals surface area contributed by atoms with Gasteiger partial charge in [-0.2, -0.15) is 0 Å². The monoisotopic (exact) mass is 332 g/mol. The molecule has 0 saturated carbocycles. The molecular formula is C14H21FN2O4S. The highest BCUT2D eigenvalue weighted by Gasteiger charge is 2.20. The lowest BCUT2D eigenvalue weighted by Gasteiger charge is -2.14. The second-order valence-corrected chi connectivity index (χ2v) is 7.10. The van der Waals surface area contributed by atoms with Gasteiger partial charge >= 0.3 is 0 Å². The summed E-state index contributed by atoms with van der Waals surface area (Å²) < 4.78 is 51.1. The molecule has 124 valence electrons. The minimum atomic E-state index is -3.79. The van der Waals surface area contributed by atoms with E-state index in [1.165, 1.54) is 12.1 Å². The number of ether oxygens (including phenoxy) is 2. The number of nitrogens with two attached hydrogens (primary N) is 1. The van der Waals surface area contributed by atoms with Gasteiger partial charge in [0.25, 0.3) is 0 Å². The zero-order valence-corrected chi connectivity index (χ0v) is 13.2. The van der Waals surface area contributed by atoms with Crippen molar-refractivity contribution in [2.75, 3.05) is 26.4 Å². The predicted molar refractivity (Wildman–Crippen MR) is 79.7 cm³/mol. The van der Waals surface area contributed by atoms with Crippen molar-refractivity contribution in [3.63, 3.8) is 0 Å². The molecule has 1 unspecified atom stereocenters. The molecule has 0 spiro atoms. The van der Waals surface area contributed by atoms with Crippen molar-refractivity contribution in [3.05, 3.63) is 24.0 Å². The van der Waals surface area contributed by atoms with E-state index in [1.807, 2.05) is 0 Å². The molecule has 3 N–H and O–H groups in total. The zero-order chi connectivity index (χ0) is 16.2. The van der Waals surface area contributed by atoms with Gasteiger partial charge in [0.15, 0.2) is 11.6 Å². The van der Waals surface area contributed by atoms with Crippen LogP contribution in [0.25, 0.3) is 0 Å². The Balaban J connectivity index is 2.05. The summed E-state index contributed by atoms with van der Waals surface area (Å²) >= 11 is 0. The Morgan fingerprint density at radius 3 is 2.91 bits per heavy atom. The van der Waals surface area contributed by atoms with Gasteiger partial charge in [0.2, 0.25) is 10.0 Å². The highest BCUT2D eigenvalue weighted by Crippen LogP contribution is 2.23. The normalized spacial score (nSPS) is 20.0.